The first kappa shape index (κ1) is 17.5. The van der Waals surface area contributed by atoms with E-state index in [0.29, 0.717) is 48.5 Å². The fraction of sp³-hybridized carbons (Fsp3) is 0.294. The van der Waals surface area contributed by atoms with E-state index in [1.165, 1.54) is 4.40 Å². The number of amides is 1. The van der Waals surface area contributed by atoms with Crippen LogP contribution in [0.25, 0.3) is 5.65 Å². The minimum Gasteiger partial charge on any atom is -0.378 e. The molecule has 3 aromatic rings. The number of ether oxygens (including phenoxy) is 1. The Kier molecular flexibility index (Phi) is 4.78. The maximum Gasteiger partial charge on any atom is 0.350 e. The molecule has 27 heavy (non-hydrogen) atoms. The van der Waals surface area contributed by atoms with E-state index >= 15 is 0 Å². The number of carbonyl (C=O) groups is 1. The maximum absolute atomic E-state index is 12.6. The third kappa shape index (κ3) is 3.64. The van der Waals surface area contributed by atoms with Gasteiger partial charge in [-0.3, -0.25) is 4.79 Å². The van der Waals surface area contributed by atoms with E-state index in [2.05, 4.69) is 15.4 Å². The van der Waals surface area contributed by atoms with Crippen LogP contribution in [-0.4, -0.2) is 51.4 Å². The molecular formula is C17H17ClN6O3. The Morgan fingerprint density at radius 3 is 2.70 bits per heavy atom. The van der Waals surface area contributed by atoms with Gasteiger partial charge in [0.15, 0.2) is 5.82 Å². The molecule has 1 fully saturated rings. The van der Waals surface area contributed by atoms with Crippen molar-refractivity contribution in [2.24, 2.45) is 0 Å². The Bertz CT molecular complexity index is 1020. The van der Waals surface area contributed by atoms with Crippen molar-refractivity contribution in [2.75, 3.05) is 36.5 Å². The molecule has 0 spiro atoms. The van der Waals surface area contributed by atoms with Gasteiger partial charge in [-0.1, -0.05) is 11.6 Å². The Balaban J connectivity index is 1.58. The summed E-state index contributed by atoms with van der Waals surface area (Å²) >= 11 is 5.83. The summed E-state index contributed by atoms with van der Waals surface area (Å²) in [6.45, 7) is 2.33. The topological polar surface area (TPSA) is 93.8 Å². The smallest absolute Gasteiger partial charge is 0.350 e. The molecule has 2 aromatic heterocycles. The predicted octanol–water partition coefficient (Wildman–Crippen LogP) is 1.02. The summed E-state index contributed by atoms with van der Waals surface area (Å²) in [5.74, 6) is 0.249. The van der Waals surface area contributed by atoms with Crippen molar-refractivity contribution in [2.45, 2.75) is 6.54 Å². The molecule has 10 heteroatoms. The van der Waals surface area contributed by atoms with Crippen molar-refractivity contribution in [3.63, 3.8) is 0 Å². The molecule has 0 aliphatic carbocycles. The normalized spacial score (nSPS) is 14.5. The molecule has 1 saturated heterocycles. The molecule has 0 bridgehead atoms. The number of aromatic nitrogens is 4. The number of benzene rings is 1. The Hall–Kier alpha value is -2.91. The van der Waals surface area contributed by atoms with Gasteiger partial charge in [0.05, 0.1) is 13.2 Å². The van der Waals surface area contributed by atoms with Crippen molar-refractivity contribution in [3.05, 3.63) is 52.2 Å². The molecule has 3 heterocycles. The number of anilines is 2. The fourth-order valence-electron chi connectivity index (χ4n) is 2.91. The monoisotopic (exact) mass is 388 g/mol. The zero-order valence-corrected chi connectivity index (χ0v) is 15.1. The molecule has 0 radical (unpaired) electrons. The summed E-state index contributed by atoms with van der Waals surface area (Å²) in [4.78, 5) is 31.3. The van der Waals surface area contributed by atoms with Crippen LogP contribution in [0.3, 0.4) is 0 Å². The van der Waals surface area contributed by atoms with Crippen LogP contribution in [0, 0.1) is 0 Å². The number of morpholine rings is 1. The SMILES string of the molecule is O=C(Cn1nc2c(N3CCOCC3)nccn2c1=O)Nc1ccc(Cl)cc1. The fourth-order valence-corrected chi connectivity index (χ4v) is 3.03. The quantitative estimate of drug-likeness (QED) is 0.717. The predicted molar refractivity (Wildman–Crippen MR) is 100 cm³/mol. The Morgan fingerprint density at radius 2 is 1.96 bits per heavy atom. The van der Waals surface area contributed by atoms with E-state index in [4.69, 9.17) is 16.3 Å². The second-order valence-electron chi connectivity index (χ2n) is 6.04. The highest BCUT2D eigenvalue weighted by Crippen LogP contribution is 2.17. The Morgan fingerprint density at radius 1 is 1.22 bits per heavy atom. The van der Waals surface area contributed by atoms with Gasteiger partial charge in [0.1, 0.15) is 6.54 Å². The van der Waals surface area contributed by atoms with Gasteiger partial charge in [-0.2, -0.15) is 0 Å². The molecule has 1 amide bonds. The van der Waals surface area contributed by atoms with Crippen LogP contribution in [-0.2, 0) is 16.1 Å². The van der Waals surface area contributed by atoms with E-state index in [-0.39, 0.29) is 12.5 Å². The molecule has 1 aromatic carbocycles. The molecule has 9 nitrogen and oxygen atoms in total. The number of halogens is 1. The number of fused-ring (bicyclic) bond motifs is 1. The van der Waals surface area contributed by atoms with Crippen molar-refractivity contribution >= 4 is 34.7 Å². The van der Waals surface area contributed by atoms with Gasteiger partial charge in [-0.25, -0.2) is 18.9 Å². The van der Waals surface area contributed by atoms with Gasteiger partial charge in [0.2, 0.25) is 11.6 Å². The second-order valence-corrected chi connectivity index (χ2v) is 6.48. The molecule has 4 rings (SSSR count). The van der Waals surface area contributed by atoms with Gasteiger partial charge in [-0.05, 0) is 24.3 Å². The van der Waals surface area contributed by atoms with E-state index in [9.17, 15) is 9.59 Å². The molecule has 1 aliphatic heterocycles. The first-order valence-electron chi connectivity index (χ1n) is 8.44. The van der Waals surface area contributed by atoms with Crippen LogP contribution in [0.5, 0.6) is 0 Å². The lowest BCUT2D eigenvalue weighted by Gasteiger charge is -2.27. The van der Waals surface area contributed by atoms with Gasteiger partial charge in [0.25, 0.3) is 0 Å². The molecule has 1 aliphatic rings. The van der Waals surface area contributed by atoms with Crippen LogP contribution < -0.4 is 15.9 Å². The zero-order valence-electron chi connectivity index (χ0n) is 14.3. The number of hydrogen-bond acceptors (Lipinski definition) is 6. The first-order chi connectivity index (χ1) is 13.1. The molecule has 1 N–H and O–H groups in total. The third-order valence-corrected chi connectivity index (χ3v) is 4.47. The summed E-state index contributed by atoms with van der Waals surface area (Å²) in [5.41, 5.74) is 0.619. The lowest BCUT2D eigenvalue weighted by molar-refractivity contribution is -0.117. The van der Waals surface area contributed by atoms with E-state index in [1.54, 1.807) is 36.7 Å². The van der Waals surface area contributed by atoms with Gasteiger partial charge < -0.3 is 15.0 Å². The molecule has 0 saturated carbocycles. The van der Waals surface area contributed by atoms with Crippen LogP contribution >= 0.6 is 11.6 Å². The number of nitrogens with one attached hydrogen (secondary N) is 1. The summed E-state index contributed by atoms with van der Waals surface area (Å²) in [7, 11) is 0. The Labute approximate surface area is 159 Å². The highest BCUT2D eigenvalue weighted by Gasteiger charge is 2.20. The second kappa shape index (κ2) is 7.37. The number of carbonyl (C=O) groups excluding carboxylic acids is 1. The molecule has 0 atom stereocenters. The van der Waals surface area contributed by atoms with Crippen LogP contribution in [0.1, 0.15) is 0 Å². The average Bonchev–Trinajstić information content (AvgIpc) is 3.00. The lowest BCUT2D eigenvalue weighted by atomic mass is 10.3. The summed E-state index contributed by atoms with van der Waals surface area (Å²) < 4.78 is 7.88. The van der Waals surface area contributed by atoms with E-state index in [0.717, 1.165) is 4.68 Å². The number of rotatable bonds is 4. The number of nitrogens with zero attached hydrogens (tertiary/aromatic N) is 5. The summed E-state index contributed by atoms with van der Waals surface area (Å²) in [6.07, 6.45) is 3.10. The summed E-state index contributed by atoms with van der Waals surface area (Å²) in [6, 6.07) is 6.73. The van der Waals surface area contributed by atoms with Crippen molar-refractivity contribution in [3.8, 4) is 0 Å². The first-order valence-corrected chi connectivity index (χ1v) is 8.82. The van der Waals surface area contributed by atoms with Crippen LogP contribution in [0.15, 0.2) is 41.5 Å². The molecule has 0 unspecified atom stereocenters. The van der Waals surface area contributed by atoms with Gasteiger partial charge in [-0.15, -0.1) is 5.10 Å². The van der Waals surface area contributed by atoms with Crippen LogP contribution in [0.4, 0.5) is 11.5 Å². The van der Waals surface area contributed by atoms with Crippen LogP contribution in [0.2, 0.25) is 5.02 Å². The van der Waals surface area contributed by atoms with Crippen molar-refractivity contribution < 1.29 is 9.53 Å². The summed E-state index contributed by atoms with van der Waals surface area (Å²) in [5, 5.41) is 7.62. The minimum absolute atomic E-state index is 0.203. The molecule has 140 valence electrons. The standard InChI is InChI=1S/C17H17ClN6O3/c18-12-1-3-13(4-2-12)20-14(25)11-24-17(26)23-6-5-19-15(16(23)21-24)22-7-9-27-10-8-22/h1-6H,7-11H2,(H,20,25). The lowest BCUT2D eigenvalue weighted by Crippen LogP contribution is -2.37. The minimum atomic E-state index is -0.395. The molecular weight excluding hydrogens is 372 g/mol. The third-order valence-electron chi connectivity index (χ3n) is 4.22. The maximum atomic E-state index is 12.6. The zero-order chi connectivity index (χ0) is 18.8. The highest BCUT2D eigenvalue weighted by molar-refractivity contribution is 6.30. The largest absolute Gasteiger partial charge is 0.378 e. The van der Waals surface area contributed by atoms with Gasteiger partial charge in [0, 0.05) is 36.2 Å². The number of hydrogen-bond donors (Lipinski definition) is 1. The van der Waals surface area contributed by atoms with Gasteiger partial charge >= 0.3 is 5.69 Å². The van der Waals surface area contributed by atoms with E-state index in [1.807, 2.05) is 4.90 Å². The van der Waals surface area contributed by atoms with E-state index < -0.39 is 5.69 Å². The van der Waals surface area contributed by atoms with Crippen molar-refractivity contribution in [1.82, 2.24) is 19.2 Å². The van der Waals surface area contributed by atoms with Crippen molar-refractivity contribution in [1.29, 1.82) is 0 Å². The highest BCUT2D eigenvalue weighted by atomic mass is 35.5. The average molecular weight is 389 g/mol.